The van der Waals surface area contributed by atoms with Gasteiger partial charge in [-0.05, 0) is 30.9 Å². The Labute approximate surface area is 190 Å². The summed E-state index contributed by atoms with van der Waals surface area (Å²) in [5.74, 6) is -2.61. The average Bonchev–Trinajstić information content (AvgIpc) is 3.33. The van der Waals surface area contributed by atoms with Gasteiger partial charge in [0.05, 0.1) is 24.0 Å². The SMILES string of the molecule is CC1CCCN(C(=O)c2c(F)ccc(F)c2-n2nccn2)C1CNc1ncc(C(F)(F)F)cn1. The summed E-state index contributed by atoms with van der Waals surface area (Å²) in [5.41, 5.74) is -1.88. The summed E-state index contributed by atoms with van der Waals surface area (Å²) in [6.45, 7) is 2.28. The molecule has 1 aliphatic heterocycles. The molecule has 180 valence electrons. The van der Waals surface area contributed by atoms with Crippen molar-refractivity contribution in [2.45, 2.75) is 32.0 Å². The number of benzene rings is 1. The molecule has 0 bridgehead atoms. The molecule has 3 heterocycles. The summed E-state index contributed by atoms with van der Waals surface area (Å²) >= 11 is 0. The predicted molar refractivity (Wildman–Crippen MR) is 110 cm³/mol. The van der Waals surface area contributed by atoms with E-state index in [0.29, 0.717) is 18.8 Å². The number of nitrogens with one attached hydrogen (secondary N) is 1. The maximum atomic E-state index is 14.8. The highest BCUT2D eigenvalue weighted by Gasteiger charge is 2.36. The molecule has 1 fully saturated rings. The Balaban J connectivity index is 1.60. The molecule has 2 unspecified atom stereocenters. The summed E-state index contributed by atoms with van der Waals surface area (Å²) in [4.78, 5) is 23.1. The van der Waals surface area contributed by atoms with Crippen LogP contribution in [-0.4, -0.2) is 54.9 Å². The number of carbonyl (C=O) groups is 1. The first-order valence-electron chi connectivity index (χ1n) is 10.5. The standard InChI is InChI=1S/C21H20F5N7O/c1-12-3-2-8-32(16(12)11-29-20-27-9-13(10-28-20)21(24,25)26)19(34)17-14(22)4-5-15(23)18(17)33-30-6-7-31-33/h4-7,9-10,12,16H,2-3,8,11H2,1H3,(H,27,28,29). The highest BCUT2D eigenvalue weighted by Crippen LogP contribution is 2.30. The van der Waals surface area contributed by atoms with Crippen LogP contribution in [0.4, 0.5) is 27.9 Å². The largest absolute Gasteiger partial charge is 0.419 e. The van der Waals surface area contributed by atoms with E-state index in [4.69, 9.17) is 0 Å². The highest BCUT2D eigenvalue weighted by molar-refractivity contribution is 5.98. The molecule has 3 aromatic rings. The van der Waals surface area contributed by atoms with Crippen LogP contribution in [0, 0.1) is 17.6 Å². The fourth-order valence-electron chi connectivity index (χ4n) is 3.99. The Morgan fingerprint density at radius 3 is 2.41 bits per heavy atom. The lowest BCUT2D eigenvalue weighted by Crippen LogP contribution is -2.51. The van der Waals surface area contributed by atoms with Crippen molar-refractivity contribution in [1.29, 1.82) is 0 Å². The van der Waals surface area contributed by atoms with Crippen LogP contribution >= 0.6 is 0 Å². The molecule has 13 heteroatoms. The second-order valence-corrected chi connectivity index (χ2v) is 7.93. The first kappa shape index (κ1) is 23.5. The van der Waals surface area contributed by atoms with Gasteiger partial charge in [0.1, 0.15) is 17.1 Å². The zero-order valence-electron chi connectivity index (χ0n) is 17.9. The molecule has 8 nitrogen and oxygen atoms in total. The number of aromatic nitrogens is 5. The van der Waals surface area contributed by atoms with Gasteiger partial charge in [0.15, 0.2) is 5.82 Å². The van der Waals surface area contributed by atoms with Gasteiger partial charge in [-0.2, -0.15) is 23.4 Å². The van der Waals surface area contributed by atoms with Gasteiger partial charge in [-0.1, -0.05) is 6.92 Å². The lowest BCUT2D eigenvalue weighted by Gasteiger charge is -2.40. The average molecular weight is 481 g/mol. The summed E-state index contributed by atoms with van der Waals surface area (Å²) in [7, 11) is 0. The second-order valence-electron chi connectivity index (χ2n) is 7.93. The number of amides is 1. The fraction of sp³-hybridized carbons (Fsp3) is 0.381. The Morgan fingerprint density at radius 2 is 1.76 bits per heavy atom. The molecule has 1 aromatic carbocycles. The summed E-state index contributed by atoms with van der Waals surface area (Å²) in [6.07, 6.45) is 0.726. The predicted octanol–water partition coefficient (Wildman–Crippen LogP) is 3.71. The summed E-state index contributed by atoms with van der Waals surface area (Å²) in [5, 5.41) is 10.5. The highest BCUT2D eigenvalue weighted by atomic mass is 19.4. The molecule has 1 saturated heterocycles. The van der Waals surface area contributed by atoms with Crippen LogP contribution in [0.25, 0.3) is 5.69 Å². The molecule has 0 spiro atoms. The molecule has 0 saturated carbocycles. The molecule has 2 aromatic heterocycles. The van der Waals surface area contributed by atoms with E-state index in [2.05, 4.69) is 25.5 Å². The van der Waals surface area contributed by atoms with E-state index >= 15 is 0 Å². The molecular formula is C21H20F5N7O. The van der Waals surface area contributed by atoms with Crippen molar-refractivity contribution in [2.24, 2.45) is 5.92 Å². The van der Waals surface area contributed by atoms with Crippen molar-refractivity contribution in [3.63, 3.8) is 0 Å². The number of anilines is 1. The molecular weight excluding hydrogens is 461 g/mol. The number of halogens is 5. The molecule has 1 aliphatic rings. The quantitative estimate of drug-likeness (QED) is 0.559. The number of piperidine rings is 1. The Hall–Kier alpha value is -3.64. The van der Waals surface area contributed by atoms with E-state index in [1.807, 2.05) is 6.92 Å². The molecule has 0 radical (unpaired) electrons. The van der Waals surface area contributed by atoms with Crippen molar-refractivity contribution in [1.82, 2.24) is 29.9 Å². The first-order chi connectivity index (χ1) is 16.2. The van der Waals surface area contributed by atoms with Crippen LogP contribution in [0.3, 0.4) is 0 Å². The molecule has 2 atom stereocenters. The van der Waals surface area contributed by atoms with Gasteiger partial charge in [0, 0.05) is 25.5 Å². The summed E-state index contributed by atoms with van der Waals surface area (Å²) < 4.78 is 67.7. The van der Waals surface area contributed by atoms with E-state index in [1.165, 1.54) is 17.3 Å². The summed E-state index contributed by atoms with van der Waals surface area (Å²) in [6, 6.07) is 1.28. The van der Waals surface area contributed by atoms with Crippen LogP contribution < -0.4 is 5.32 Å². The van der Waals surface area contributed by atoms with Gasteiger partial charge in [-0.3, -0.25) is 4.79 Å². The Morgan fingerprint density at radius 1 is 1.12 bits per heavy atom. The zero-order valence-corrected chi connectivity index (χ0v) is 17.9. The van der Waals surface area contributed by atoms with Gasteiger partial charge in [-0.15, -0.1) is 4.80 Å². The third-order valence-electron chi connectivity index (χ3n) is 5.74. The Kier molecular flexibility index (Phi) is 6.44. The normalized spacial score (nSPS) is 18.7. The van der Waals surface area contributed by atoms with E-state index in [9.17, 15) is 26.7 Å². The number of rotatable bonds is 5. The minimum Gasteiger partial charge on any atom is -0.352 e. The molecule has 1 N–H and O–H groups in total. The number of nitrogens with zero attached hydrogens (tertiary/aromatic N) is 6. The van der Waals surface area contributed by atoms with Crippen molar-refractivity contribution in [2.75, 3.05) is 18.4 Å². The van der Waals surface area contributed by atoms with Gasteiger partial charge in [-0.25, -0.2) is 18.7 Å². The lowest BCUT2D eigenvalue weighted by molar-refractivity contribution is -0.138. The van der Waals surface area contributed by atoms with E-state index in [0.717, 1.165) is 23.4 Å². The third kappa shape index (κ3) is 4.68. The van der Waals surface area contributed by atoms with Crippen LogP contribution in [0.2, 0.25) is 0 Å². The molecule has 4 rings (SSSR count). The zero-order chi connectivity index (χ0) is 24.5. The number of hydrogen-bond acceptors (Lipinski definition) is 6. The number of likely N-dealkylation sites (tertiary alicyclic amines) is 1. The smallest absolute Gasteiger partial charge is 0.352 e. The van der Waals surface area contributed by atoms with Crippen molar-refractivity contribution < 1.29 is 26.7 Å². The molecule has 34 heavy (non-hydrogen) atoms. The fourth-order valence-corrected chi connectivity index (χ4v) is 3.99. The number of alkyl halides is 3. The van der Waals surface area contributed by atoms with E-state index in [1.54, 1.807) is 0 Å². The molecule has 1 amide bonds. The maximum Gasteiger partial charge on any atom is 0.419 e. The van der Waals surface area contributed by atoms with Gasteiger partial charge in [0.2, 0.25) is 5.95 Å². The number of carbonyl (C=O) groups excluding carboxylic acids is 1. The maximum absolute atomic E-state index is 14.8. The van der Waals surface area contributed by atoms with Crippen molar-refractivity contribution in [3.05, 3.63) is 59.7 Å². The van der Waals surface area contributed by atoms with Crippen molar-refractivity contribution >= 4 is 11.9 Å². The van der Waals surface area contributed by atoms with Gasteiger partial charge in [0.25, 0.3) is 5.91 Å². The number of hydrogen-bond donors (Lipinski definition) is 1. The topological polar surface area (TPSA) is 88.8 Å². The van der Waals surface area contributed by atoms with Crippen LogP contribution in [0.1, 0.15) is 35.7 Å². The van der Waals surface area contributed by atoms with Crippen LogP contribution in [-0.2, 0) is 6.18 Å². The van der Waals surface area contributed by atoms with E-state index in [-0.39, 0.29) is 25.0 Å². The second kappa shape index (κ2) is 9.31. The monoisotopic (exact) mass is 481 g/mol. The Bertz CT molecular complexity index is 1150. The minimum atomic E-state index is -4.56. The van der Waals surface area contributed by atoms with Crippen LogP contribution in [0.15, 0.2) is 36.9 Å². The van der Waals surface area contributed by atoms with Gasteiger partial charge >= 0.3 is 6.18 Å². The third-order valence-corrected chi connectivity index (χ3v) is 5.74. The lowest BCUT2D eigenvalue weighted by atomic mass is 9.90. The molecule has 0 aliphatic carbocycles. The van der Waals surface area contributed by atoms with E-state index < -0.39 is 46.6 Å². The minimum absolute atomic E-state index is 0.0393. The first-order valence-corrected chi connectivity index (χ1v) is 10.5. The van der Waals surface area contributed by atoms with Gasteiger partial charge < -0.3 is 10.2 Å². The van der Waals surface area contributed by atoms with Crippen molar-refractivity contribution in [3.8, 4) is 5.69 Å². The van der Waals surface area contributed by atoms with Crippen LogP contribution in [0.5, 0.6) is 0 Å².